The predicted octanol–water partition coefficient (Wildman–Crippen LogP) is 17.1. The Hall–Kier alpha value is -12.3. The molecule has 0 saturated heterocycles. The Kier molecular flexibility index (Phi) is 28.8. The highest BCUT2D eigenvalue weighted by Gasteiger charge is 2.28. The molecule has 0 saturated carbocycles. The van der Waals surface area contributed by atoms with Crippen molar-refractivity contribution in [2.45, 2.75) is 96.8 Å². The van der Waals surface area contributed by atoms with Crippen LogP contribution >= 0.6 is 46.4 Å². The van der Waals surface area contributed by atoms with Crippen LogP contribution in [0.5, 0.6) is 17.2 Å². The Labute approximate surface area is 689 Å². The molecule has 8 heterocycles. The quantitative estimate of drug-likeness (QED) is 0.0142. The standard InChI is InChI=1S/C22H24ClN7O.2C21H22ClN7O.C18H23ClN6/c1-31-18-9-5-8-17(13-18)28-21-19-20(27-16-7-4-6-15(23)12-16)25-14-26-22(19)30(29-21)11-3-2-10-24;22-14-5-3-6-15(11-14)26-19-18-20(27-16-7-4-8-17(30)12-16)28-29(10-2-1-9-23)21(18)25-13-24-19;22-14-4-3-5-16(12-14)27-19-18-20(26-15-6-8-17(30)9-7-15)28-29(11-2-1-10-23)21(18)25-13-24-19;1-18(2,9-3-4-10-20)25-17-14(16(21)22-11-23-17)15(24-25)12-5-7-13(19)8-6-12/h4-9,12-14H,2-3,10-11,24H2,1H3,(H,28,29)(H,25,26,27);3-8,11-13,30H,1-2,9-10,23H2,(H,27,28)(H,24,25,26);3-9,12-13,30H,1-2,10-11,23H2,(H,26,28)(H,24,25,27);5-8,11H,3-4,9-10,20H2,1-2H3,(H2,21,22,23). The number of nitrogen functional groups attached to an aromatic ring is 1. The van der Waals surface area contributed by atoms with Crippen molar-refractivity contribution in [1.82, 2.24) is 79.0 Å². The van der Waals surface area contributed by atoms with Crippen molar-refractivity contribution in [2.24, 2.45) is 22.9 Å². The van der Waals surface area contributed by atoms with E-state index >= 15 is 0 Å². The molecule has 0 aliphatic heterocycles. The Morgan fingerprint density at radius 3 is 1.19 bits per heavy atom. The lowest BCUT2D eigenvalue weighted by Gasteiger charge is -2.25. The number of aromatic nitrogens is 16. The number of hydrogen-bond donors (Lipinski definition) is 13. The molecule has 8 aromatic heterocycles. The Balaban J connectivity index is 0.000000143. The summed E-state index contributed by atoms with van der Waals surface area (Å²) in [7, 11) is 1.64. The summed E-state index contributed by atoms with van der Waals surface area (Å²) in [5.41, 5.74) is 37.9. The van der Waals surface area contributed by atoms with Gasteiger partial charge in [0.2, 0.25) is 0 Å². The molecule has 7 aromatic carbocycles. The summed E-state index contributed by atoms with van der Waals surface area (Å²) < 4.78 is 12.9. The molecular formula is C82H91Cl4N27O3. The van der Waals surface area contributed by atoms with Gasteiger partial charge in [0.15, 0.2) is 40.0 Å². The number of nitrogens with two attached hydrogens (primary N) is 5. The van der Waals surface area contributed by atoms with Gasteiger partial charge in [-0.25, -0.2) is 58.6 Å². The first-order chi connectivity index (χ1) is 56.4. The molecule has 0 radical (unpaired) electrons. The fraction of sp³-hybridized carbons (Fsp3) is 0.244. The highest BCUT2D eigenvalue weighted by molar-refractivity contribution is 6.32. The molecule has 18 N–H and O–H groups in total. The molecule has 0 spiro atoms. The van der Waals surface area contributed by atoms with Gasteiger partial charge >= 0.3 is 0 Å². The molecule has 600 valence electrons. The number of ether oxygens (including phenoxy) is 1. The number of aryl methyl sites for hydroxylation is 3. The van der Waals surface area contributed by atoms with Crippen molar-refractivity contribution in [3.8, 4) is 28.5 Å². The first kappa shape index (κ1) is 83.2. The minimum atomic E-state index is -0.209. The number of nitrogens with zero attached hydrogens (tertiary/aromatic N) is 16. The zero-order valence-corrected chi connectivity index (χ0v) is 67.2. The molecular weight excluding hydrogens is 1550 g/mol. The summed E-state index contributed by atoms with van der Waals surface area (Å²) in [5.74, 6) is 5.28. The molecule has 0 aliphatic rings. The van der Waals surface area contributed by atoms with Gasteiger partial charge in [0.1, 0.15) is 87.7 Å². The minimum Gasteiger partial charge on any atom is -0.508 e. The zero-order valence-electron chi connectivity index (χ0n) is 64.1. The number of hydrogen-bond acceptors (Lipinski definition) is 26. The van der Waals surface area contributed by atoms with Crippen molar-refractivity contribution in [3.63, 3.8) is 0 Å². The number of methoxy groups -OCH3 is 1. The second-order valence-corrected chi connectivity index (χ2v) is 29.1. The number of benzene rings is 7. The fourth-order valence-electron chi connectivity index (χ4n) is 12.6. The van der Waals surface area contributed by atoms with E-state index in [1.165, 1.54) is 25.3 Å². The van der Waals surface area contributed by atoms with Crippen LogP contribution in [0.4, 0.5) is 74.8 Å². The minimum absolute atomic E-state index is 0.167. The van der Waals surface area contributed by atoms with Crippen molar-refractivity contribution in [1.29, 1.82) is 0 Å². The summed E-state index contributed by atoms with van der Waals surface area (Å²) in [6.07, 6.45) is 14.4. The van der Waals surface area contributed by atoms with Gasteiger partial charge in [-0.2, -0.15) is 20.4 Å². The number of unbranched alkanes of at least 4 members (excludes halogenated alkanes) is 4. The van der Waals surface area contributed by atoms with E-state index in [1.54, 1.807) is 49.6 Å². The number of fused-ring (bicyclic) bond motifs is 4. The van der Waals surface area contributed by atoms with Crippen LogP contribution in [0.25, 0.3) is 55.4 Å². The van der Waals surface area contributed by atoms with Gasteiger partial charge < -0.3 is 75.5 Å². The van der Waals surface area contributed by atoms with Crippen molar-refractivity contribution in [3.05, 3.63) is 215 Å². The molecule has 0 unspecified atom stereocenters. The van der Waals surface area contributed by atoms with E-state index < -0.39 is 0 Å². The molecule has 0 atom stereocenters. The zero-order chi connectivity index (χ0) is 81.5. The number of halogens is 4. The van der Waals surface area contributed by atoms with Crippen LogP contribution < -0.4 is 65.3 Å². The third-order valence-corrected chi connectivity index (χ3v) is 19.3. The first-order valence-electron chi connectivity index (χ1n) is 37.7. The van der Waals surface area contributed by atoms with Gasteiger partial charge in [0.05, 0.1) is 18.0 Å². The fourth-order valence-corrected chi connectivity index (χ4v) is 13.3. The number of aromatic hydroxyl groups is 2. The van der Waals surface area contributed by atoms with E-state index in [0.29, 0.717) is 124 Å². The van der Waals surface area contributed by atoms with E-state index in [2.05, 4.69) is 85.6 Å². The van der Waals surface area contributed by atoms with Gasteiger partial charge in [0, 0.05) is 91.5 Å². The maximum absolute atomic E-state index is 9.80. The molecule has 15 aromatic rings. The Bertz CT molecular complexity index is 5750. The van der Waals surface area contributed by atoms with E-state index in [0.717, 1.165) is 136 Å². The molecule has 0 aliphatic carbocycles. The average molecular weight is 1640 g/mol. The van der Waals surface area contributed by atoms with Crippen LogP contribution in [0.3, 0.4) is 0 Å². The lowest BCUT2D eigenvalue weighted by Crippen LogP contribution is -2.28. The van der Waals surface area contributed by atoms with Crippen LogP contribution in [-0.2, 0) is 25.2 Å². The molecule has 116 heavy (non-hydrogen) atoms. The smallest absolute Gasteiger partial charge is 0.165 e. The summed E-state index contributed by atoms with van der Waals surface area (Å²) >= 11 is 24.4. The lowest BCUT2D eigenvalue weighted by molar-refractivity contribution is 0.295. The summed E-state index contributed by atoms with van der Waals surface area (Å²) in [4.78, 5) is 35.4. The highest BCUT2D eigenvalue weighted by atomic mass is 35.5. The predicted molar refractivity (Wildman–Crippen MR) is 467 cm³/mol. The van der Waals surface area contributed by atoms with Crippen LogP contribution in [-0.4, -0.2) is 122 Å². The number of rotatable bonds is 31. The summed E-state index contributed by atoms with van der Waals surface area (Å²) in [6, 6.07) is 51.2. The third kappa shape index (κ3) is 21.6. The summed E-state index contributed by atoms with van der Waals surface area (Å²) in [5, 5.41) is 64.0. The van der Waals surface area contributed by atoms with Gasteiger partial charge in [-0.1, -0.05) is 88.9 Å². The maximum Gasteiger partial charge on any atom is 0.165 e. The van der Waals surface area contributed by atoms with Crippen molar-refractivity contribution < 1.29 is 14.9 Å². The summed E-state index contributed by atoms with van der Waals surface area (Å²) in [6.45, 7) is 8.99. The largest absolute Gasteiger partial charge is 0.508 e. The monoisotopic (exact) mass is 1640 g/mol. The average Bonchev–Trinajstić information content (AvgIpc) is 1.61. The molecule has 0 bridgehead atoms. The van der Waals surface area contributed by atoms with E-state index in [1.807, 2.05) is 146 Å². The van der Waals surface area contributed by atoms with Crippen molar-refractivity contribution in [2.75, 3.05) is 70.9 Å². The second kappa shape index (κ2) is 40.2. The number of anilines is 13. The third-order valence-electron chi connectivity index (χ3n) is 18.3. The number of phenolic OH excluding ortho intramolecular Hbond substituents is 2. The first-order valence-corrected chi connectivity index (χ1v) is 39.2. The van der Waals surface area contributed by atoms with Crippen LogP contribution in [0.2, 0.25) is 20.1 Å². The van der Waals surface area contributed by atoms with Gasteiger partial charge in [-0.15, -0.1) is 0 Å². The van der Waals surface area contributed by atoms with Crippen LogP contribution in [0.15, 0.2) is 195 Å². The molecule has 0 amide bonds. The van der Waals surface area contributed by atoms with E-state index in [9.17, 15) is 10.2 Å². The number of nitrogens with one attached hydrogen (secondary N) is 6. The van der Waals surface area contributed by atoms with Crippen molar-refractivity contribution >= 4 is 165 Å². The van der Waals surface area contributed by atoms with E-state index in [-0.39, 0.29) is 17.0 Å². The molecule has 0 fully saturated rings. The van der Waals surface area contributed by atoms with E-state index in [4.69, 9.17) is 100 Å². The topological polar surface area (TPSA) is 426 Å². The molecule has 34 heteroatoms. The Morgan fingerprint density at radius 1 is 0.371 bits per heavy atom. The van der Waals surface area contributed by atoms with Gasteiger partial charge in [0.25, 0.3) is 0 Å². The van der Waals surface area contributed by atoms with Gasteiger partial charge in [-0.05, 0) is 213 Å². The molecule has 30 nitrogen and oxygen atoms in total. The highest BCUT2D eigenvalue weighted by Crippen LogP contribution is 2.39. The molecule has 15 rings (SSSR count). The van der Waals surface area contributed by atoms with Crippen LogP contribution in [0, 0.1) is 0 Å². The number of phenols is 2. The normalized spacial score (nSPS) is 11.2. The van der Waals surface area contributed by atoms with Crippen LogP contribution in [0.1, 0.15) is 71.6 Å². The lowest BCUT2D eigenvalue weighted by atomic mass is 9.97. The SMILES string of the molecule is CC(C)(CCCCN)n1nc(-c2ccc(Cl)cc2)c2c(N)ncnc21.COc1cccc(Nc2nn(CCCCN)c3ncnc(Nc4cccc(Cl)c4)c23)c1.NCCCCn1nc(Nc2ccc(O)cc2)c2c(Nc3cccc(Cl)c3)ncnc21.NCCCCn1nc(Nc2cccc(O)c2)c2c(Nc3cccc(Cl)c3)ncnc21. The second-order valence-electron chi connectivity index (χ2n) is 27.4. The maximum atomic E-state index is 9.80. The van der Waals surface area contributed by atoms with Gasteiger partial charge in [-0.3, -0.25) is 0 Å². The Morgan fingerprint density at radius 2 is 0.759 bits per heavy atom.